The Bertz CT molecular complexity index is 744. The van der Waals surface area contributed by atoms with Gasteiger partial charge in [0.2, 0.25) is 0 Å². The highest BCUT2D eigenvalue weighted by Crippen LogP contribution is 2.23. The highest BCUT2D eigenvalue weighted by atomic mass is 16.4. The highest BCUT2D eigenvalue weighted by molar-refractivity contribution is 5.88. The van der Waals surface area contributed by atoms with E-state index in [0.29, 0.717) is 22.9 Å². The summed E-state index contributed by atoms with van der Waals surface area (Å²) in [4.78, 5) is 15.1. The van der Waals surface area contributed by atoms with Gasteiger partial charge in [0, 0.05) is 6.20 Å². The van der Waals surface area contributed by atoms with Gasteiger partial charge in [0.15, 0.2) is 0 Å². The van der Waals surface area contributed by atoms with Crippen molar-refractivity contribution in [2.24, 2.45) is 0 Å². The van der Waals surface area contributed by atoms with E-state index in [4.69, 9.17) is 9.52 Å². The third kappa shape index (κ3) is 1.45. The Balaban J connectivity index is 2.25. The standard InChI is InChI=1S/C11H8N4O3/c1-6-9(15-2-3-18-11(15)13-6)8-4-7(10(16)17)5-12-14-8/h2-5H,1H3,(H,16,17). The maximum atomic E-state index is 10.9. The maximum absolute atomic E-state index is 10.9. The zero-order valence-electron chi connectivity index (χ0n) is 9.36. The molecule has 0 spiro atoms. The zero-order valence-corrected chi connectivity index (χ0v) is 9.36. The van der Waals surface area contributed by atoms with Crippen LogP contribution < -0.4 is 0 Å². The van der Waals surface area contributed by atoms with E-state index in [0.717, 1.165) is 0 Å². The minimum Gasteiger partial charge on any atom is -0.478 e. The Morgan fingerprint density at radius 1 is 1.50 bits per heavy atom. The van der Waals surface area contributed by atoms with E-state index in [1.165, 1.54) is 18.5 Å². The number of hydrogen-bond donors (Lipinski definition) is 1. The monoisotopic (exact) mass is 244 g/mol. The molecule has 0 aromatic carbocycles. The SMILES string of the molecule is Cc1nc2occn2c1-c1cc(C(=O)O)cnn1. The number of carbonyl (C=O) groups is 1. The van der Waals surface area contributed by atoms with Gasteiger partial charge in [-0.25, -0.2) is 4.79 Å². The molecule has 7 heteroatoms. The van der Waals surface area contributed by atoms with E-state index in [1.54, 1.807) is 17.5 Å². The van der Waals surface area contributed by atoms with Crippen LogP contribution in [-0.4, -0.2) is 30.7 Å². The zero-order chi connectivity index (χ0) is 12.7. The lowest BCUT2D eigenvalue weighted by molar-refractivity contribution is 0.0696. The van der Waals surface area contributed by atoms with Gasteiger partial charge in [0.05, 0.1) is 23.1 Å². The van der Waals surface area contributed by atoms with Gasteiger partial charge in [0.1, 0.15) is 12.0 Å². The number of carboxylic acids is 1. The average Bonchev–Trinajstić information content (AvgIpc) is 2.88. The maximum Gasteiger partial charge on any atom is 0.337 e. The molecule has 18 heavy (non-hydrogen) atoms. The number of aryl methyl sites for hydroxylation is 1. The quantitative estimate of drug-likeness (QED) is 0.732. The number of aromatic carboxylic acids is 1. The van der Waals surface area contributed by atoms with Crippen LogP contribution >= 0.6 is 0 Å². The predicted octanol–water partition coefficient (Wildman–Crippen LogP) is 1.39. The number of fused-ring (bicyclic) bond motifs is 1. The first-order chi connectivity index (χ1) is 8.66. The molecule has 0 amide bonds. The van der Waals surface area contributed by atoms with Gasteiger partial charge >= 0.3 is 11.8 Å². The van der Waals surface area contributed by atoms with Crippen LogP contribution in [0.25, 0.3) is 17.2 Å². The van der Waals surface area contributed by atoms with Gasteiger partial charge in [-0.15, -0.1) is 5.10 Å². The molecule has 0 radical (unpaired) electrons. The van der Waals surface area contributed by atoms with Crippen LogP contribution in [0.5, 0.6) is 0 Å². The number of aromatic nitrogens is 4. The van der Waals surface area contributed by atoms with Crippen LogP contribution in [0.3, 0.4) is 0 Å². The molecule has 90 valence electrons. The van der Waals surface area contributed by atoms with Crippen molar-refractivity contribution in [3.63, 3.8) is 0 Å². The van der Waals surface area contributed by atoms with E-state index < -0.39 is 5.97 Å². The second-order valence-electron chi connectivity index (χ2n) is 3.74. The van der Waals surface area contributed by atoms with Crippen LogP contribution in [0.4, 0.5) is 0 Å². The van der Waals surface area contributed by atoms with Crippen molar-refractivity contribution in [3.8, 4) is 11.4 Å². The second kappa shape index (κ2) is 3.66. The summed E-state index contributed by atoms with van der Waals surface area (Å²) in [7, 11) is 0. The van der Waals surface area contributed by atoms with E-state index >= 15 is 0 Å². The molecular formula is C11H8N4O3. The first-order valence-corrected chi connectivity index (χ1v) is 5.15. The Morgan fingerprint density at radius 3 is 3.11 bits per heavy atom. The molecule has 3 heterocycles. The molecule has 0 aliphatic carbocycles. The van der Waals surface area contributed by atoms with Crippen LogP contribution in [0.1, 0.15) is 16.1 Å². The molecule has 7 nitrogen and oxygen atoms in total. The Kier molecular flexibility index (Phi) is 2.12. The summed E-state index contributed by atoms with van der Waals surface area (Å²) in [5.74, 6) is -0.609. The summed E-state index contributed by atoms with van der Waals surface area (Å²) in [5, 5.41) is 16.6. The van der Waals surface area contributed by atoms with E-state index in [9.17, 15) is 4.79 Å². The van der Waals surface area contributed by atoms with Crippen molar-refractivity contribution in [2.75, 3.05) is 0 Å². The molecule has 0 aliphatic heterocycles. The fourth-order valence-corrected chi connectivity index (χ4v) is 1.80. The summed E-state index contributed by atoms with van der Waals surface area (Å²) < 4.78 is 6.87. The average molecular weight is 244 g/mol. The van der Waals surface area contributed by atoms with Crippen LogP contribution in [-0.2, 0) is 0 Å². The van der Waals surface area contributed by atoms with Crippen molar-refractivity contribution in [2.45, 2.75) is 6.92 Å². The molecule has 0 saturated heterocycles. The largest absolute Gasteiger partial charge is 0.478 e. The topological polar surface area (TPSA) is 93.5 Å². The smallest absolute Gasteiger partial charge is 0.337 e. The molecule has 3 aromatic rings. The van der Waals surface area contributed by atoms with Gasteiger partial charge in [-0.3, -0.25) is 4.40 Å². The van der Waals surface area contributed by atoms with E-state index in [-0.39, 0.29) is 5.56 Å². The minimum absolute atomic E-state index is 0.0813. The van der Waals surface area contributed by atoms with Gasteiger partial charge in [-0.05, 0) is 13.0 Å². The van der Waals surface area contributed by atoms with Crippen molar-refractivity contribution < 1.29 is 14.3 Å². The van der Waals surface area contributed by atoms with Crippen LogP contribution in [0.2, 0.25) is 0 Å². The van der Waals surface area contributed by atoms with Crippen molar-refractivity contribution in [1.29, 1.82) is 0 Å². The lowest BCUT2D eigenvalue weighted by atomic mass is 10.2. The third-order valence-corrected chi connectivity index (χ3v) is 2.58. The lowest BCUT2D eigenvalue weighted by Gasteiger charge is -2.00. The molecule has 0 bridgehead atoms. The molecular weight excluding hydrogens is 236 g/mol. The molecule has 3 rings (SSSR count). The van der Waals surface area contributed by atoms with Crippen molar-refractivity contribution >= 4 is 11.8 Å². The number of carboxylic acid groups (broad SMARTS) is 1. The van der Waals surface area contributed by atoms with Gasteiger partial charge in [0.25, 0.3) is 0 Å². The molecule has 0 atom stereocenters. The number of oxazole rings is 1. The fourth-order valence-electron chi connectivity index (χ4n) is 1.80. The third-order valence-electron chi connectivity index (χ3n) is 2.58. The summed E-state index contributed by atoms with van der Waals surface area (Å²) >= 11 is 0. The molecule has 0 aliphatic rings. The molecule has 0 saturated carbocycles. The number of hydrogen-bond acceptors (Lipinski definition) is 5. The summed E-state index contributed by atoms with van der Waals surface area (Å²) in [5.41, 5.74) is 1.90. The predicted molar refractivity (Wildman–Crippen MR) is 60.2 cm³/mol. The number of rotatable bonds is 2. The molecule has 1 N–H and O–H groups in total. The molecule has 0 fully saturated rings. The van der Waals surface area contributed by atoms with Gasteiger partial charge < -0.3 is 9.52 Å². The second-order valence-corrected chi connectivity index (χ2v) is 3.74. The summed E-state index contributed by atoms with van der Waals surface area (Å²) in [6, 6.07) is 1.46. The Morgan fingerprint density at radius 2 is 2.33 bits per heavy atom. The first kappa shape index (κ1) is 10.5. The first-order valence-electron chi connectivity index (χ1n) is 5.15. The van der Waals surface area contributed by atoms with Crippen molar-refractivity contribution in [3.05, 3.63) is 36.0 Å². The lowest BCUT2D eigenvalue weighted by Crippen LogP contribution is -2.00. The van der Waals surface area contributed by atoms with Gasteiger partial charge in [-0.1, -0.05) is 0 Å². The fraction of sp³-hybridized carbons (Fsp3) is 0.0909. The summed E-state index contributed by atoms with van der Waals surface area (Å²) in [6.07, 6.45) is 4.40. The Hall–Kier alpha value is -2.70. The van der Waals surface area contributed by atoms with Gasteiger partial charge in [-0.2, -0.15) is 10.1 Å². The molecule has 3 aromatic heterocycles. The van der Waals surface area contributed by atoms with E-state index in [1.807, 2.05) is 0 Å². The van der Waals surface area contributed by atoms with Crippen LogP contribution in [0.15, 0.2) is 29.1 Å². The van der Waals surface area contributed by atoms with E-state index in [2.05, 4.69) is 15.2 Å². The summed E-state index contributed by atoms with van der Waals surface area (Å²) in [6.45, 7) is 1.80. The number of imidazole rings is 1. The normalized spacial score (nSPS) is 10.9. The molecule has 0 unspecified atom stereocenters. The highest BCUT2D eigenvalue weighted by Gasteiger charge is 2.16. The van der Waals surface area contributed by atoms with Crippen LogP contribution in [0, 0.1) is 6.92 Å². The number of nitrogens with zero attached hydrogens (tertiary/aromatic N) is 4. The Labute approximate surface area is 101 Å². The van der Waals surface area contributed by atoms with Crippen molar-refractivity contribution in [1.82, 2.24) is 19.6 Å². The minimum atomic E-state index is -1.04.